The summed E-state index contributed by atoms with van der Waals surface area (Å²) < 4.78 is 15.3. The highest BCUT2D eigenvalue weighted by Crippen LogP contribution is 2.26. The maximum absolute atomic E-state index is 13.3. The molecule has 2 fully saturated rings. The van der Waals surface area contributed by atoms with Crippen LogP contribution >= 0.6 is 0 Å². The van der Waals surface area contributed by atoms with Gasteiger partial charge in [-0.3, -0.25) is 9.59 Å². The largest absolute Gasteiger partial charge is 0.342 e. The molecular formula is C24H30FN3O2. The van der Waals surface area contributed by atoms with E-state index in [1.54, 1.807) is 12.1 Å². The van der Waals surface area contributed by atoms with Crippen LogP contribution in [0.15, 0.2) is 30.3 Å². The van der Waals surface area contributed by atoms with E-state index in [2.05, 4.69) is 0 Å². The summed E-state index contributed by atoms with van der Waals surface area (Å²) in [5.74, 6) is 0.0508. The first-order chi connectivity index (χ1) is 14.5. The highest BCUT2D eigenvalue weighted by Gasteiger charge is 2.32. The standard InChI is InChI=1S/C24H30FN3O2/c1-17-16-22(18(2)28(17)21-8-6-20(25)7-9-21)24(30)27-14-10-19(11-15-27)23(29)26-12-4-3-5-13-26/h6-9,16,19H,3-5,10-15H2,1-2H3. The third kappa shape index (κ3) is 4.00. The van der Waals surface area contributed by atoms with Crippen LogP contribution in [0.2, 0.25) is 0 Å². The molecule has 0 aliphatic carbocycles. The van der Waals surface area contributed by atoms with Crippen molar-refractivity contribution in [1.82, 2.24) is 14.4 Å². The lowest BCUT2D eigenvalue weighted by Crippen LogP contribution is -2.45. The summed E-state index contributed by atoms with van der Waals surface area (Å²) in [5, 5.41) is 0. The molecule has 0 atom stereocenters. The van der Waals surface area contributed by atoms with Crippen LogP contribution in [-0.4, -0.2) is 52.4 Å². The number of amides is 2. The molecule has 2 amide bonds. The summed E-state index contributed by atoms with van der Waals surface area (Å²) in [7, 11) is 0. The van der Waals surface area contributed by atoms with Crippen molar-refractivity contribution in [3.05, 3.63) is 53.1 Å². The SMILES string of the molecule is Cc1cc(C(=O)N2CCC(C(=O)N3CCCCC3)CC2)c(C)n1-c1ccc(F)cc1. The minimum absolute atomic E-state index is 0.0142. The van der Waals surface area contributed by atoms with Crippen molar-refractivity contribution in [3.8, 4) is 5.69 Å². The Bertz CT molecular complexity index is 921. The highest BCUT2D eigenvalue weighted by atomic mass is 19.1. The van der Waals surface area contributed by atoms with E-state index in [0.717, 1.165) is 55.8 Å². The molecule has 0 N–H and O–H groups in total. The van der Waals surface area contributed by atoms with Crippen LogP contribution in [0.25, 0.3) is 5.69 Å². The summed E-state index contributed by atoms with van der Waals surface area (Å²) in [4.78, 5) is 29.9. The van der Waals surface area contributed by atoms with E-state index >= 15 is 0 Å². The van der Waals surface area contributed by atoms with Crippen molar-refractivity contribution >= 4 is 11.8 Å². The van der Waals surface area contributed by atoms with Gasteiger partial charge in [-0.1, -0.05) is 0 Å². The Hall–Kier alpha value is -2.63. The van der Waals surface area contributed by atoms with E-state index in [1.807, 2.05) is 34.3 Å². The van der Waals surface area contributed by atoms with Gasteiger partial charge in [-0.2, -0.15) is 0 Å². The monoisotopic (exact) mass is 411 g/mol. The molecule has 6 heteroatoms. The molecule has 2 saturated heterocycles. The van der Waals surface area contributed by atoms with Crippen LogP contribution in [0.5, 0.6) is 0 Å². The van der Waals surface area contributed by atoms with Crippen LogP contribution in [0, 0.1) is 25.6 Å². The van der Waals surface area contributed by atoms with Gasteiger partial charge in [-0.15, -0.1) is 0 Å². The zero-order valence-electron chi connectivity index (χ0n) is 17.9. The van der Waals surface area contributed by atoms with Crippen molar-refractivity contribution in [2.24, 2.45) is 5.92 Å². The van der Waals surface area contributed by atoms with Crippen LogP contribution in [-0.2, 0) is 4.79 Å². The Labute approximate surface area is 177 Å². The van der Waals surface area contributed by atoms with E-state index < -0.39 is 0 Å². The number of hydrogen-bond donors (Lipinski definition) is 0. The molecule has 30 heavy (non-hydrogen) atoms. The van der Waals surface area contributed by atoms with Gasteiger partial charge in [0, 0.05) is 49.2 Å². The Balaban J connectivity index is 1.44. The predicted molar refractivity (Wildman–Crippen MR) is 114 cm³/mol. The average Bonchev–Trinajstić information content (AvgIpc) is 3.08. The minimum Gasteiger partial charge on any atom is -0.342 e. The zero-order valence-corrected chi connectivity index (χ0v) is 17.9. The van der Waals surface area contributed by atoms with Crippen LogP contribution in [0.1, 0.15) is 53.8 Å². The summed E-state index contributed by atoms with van der Waals surface area (Å²) in [6, 6.07) is 8.22. The van der Waals surface area contributed by atoms with Gasteiger partial charge in [-0.25, -0.2) is 4.39 Å². The lowest BCUT2D eigenvalue weighted by atomic mass is 9.94. The number of benzene rings is 1. The number of halogens is 1. The molecule has 0 bridgehead atoms. The zero-order chi connectivity index (χ0) is 21.3. The van der Waals surface area contributed by atoms with Gasteiger partial charge in [0.2, 0.25) is 5.91 Å². The first-order valence-corrected chi connectivity index (χ1v) is 11.0. The number of nitrogens with zero attached hydrogens (tertiary/aromatic N) is 3. The van der Waals surface area contributed by atoms with E-state index in [0.29, 0.717) is 18.7 Å². The normalized spacial score (nSPS) is 18.0. The topological polar surface area (TPSA) is 45.6 Å². The minimum atomic E-state index is -0.278. The number of aromatic nitrogens is 1. The number of piperidine rings is 2. The maximum atomic E-state index is 13.3. The fraction of sp³-hybridized carbons (Fsp3) is 0.500. The molecule has 160 valence electrons. The Morgan fingerprint density at radius 1 is 0.900 bits per heavy atom. The van der Waals surface area contributed by atoms with Gasteiger partial charge in [0.25, 0.3) is 5.91 Å². The van der Waals surface area contributed by atoms with Gasteiger partial charge in [-0.05, 0) is 76.3 Å². The van der Waals surface area contributed by atoms with Gasteiger partial charge in [0.05, 0.1) is 5.56 Å². The number of carbonyl (C=O) groups is 2. The van der Waals surface area contributed by atoms with E-state index in [1.165, 1.54) is 18.6 Å². The van der Waals surface area contributed by atoms with Gasteiger partial charge in [0.15, 0.2) is 0 Å². The molecule has 2 aromatic rings. The number of carbonyl (C=O) groups excluding carboxylic acids is 2. The molecule has 0 radical (unpaired) electrons. The van der Waals surface area contributed by atoms with Crippen molar-refractivity contribution in [2.45, 2.75) is 46.0 Å². The first kappa shape index (κ1) is 20.6. The van der Waals surface area contributed by atoms with Crippen LogP contribution in [0.3, 0.4) is 0 Å². The van der Waals surface area contributed by atoms with Crippen molar-refractivity contribution in [1.29, 1.82) is 0 Å². The lowest BCUT2D eigenvalue weighted by molar-refractivity contribution is -0.137. The van der Waals surface area contributed by atoms with Gasteiger partial charge >= 0.3 is 0 Å². The van der Waals surface area contributed by atoms with E-state index in [9.17, 15) is 14.0 Å². The molecule has 4 rings (SSSR count). The molecular weight excluding hydrogens is 381 g/mol. The molecule has 0 unspecified atom stereocenters. The first-order valence-electron chi connectivity index (χ1n) is 11.0. The van der Waals surface area contributed by atoms with E-state index in [-0.39, 0.29) is 23.5 Å². The van der Waals surface area contributed by atoms with Gasteiger partial charge < -0.3 is 14.4 Å². The molecule has 0 spiro atoms. The summed E-state index contributed by atoms with van der Waals surface area (Å²) >= 11 is 0. The van der Waals surface area contributed by atoms with Crippen molar-refractivity contribution in [3.63, 3.8) is 0 Å². The maximum Gasteiger partial charge on any atom is 0.255 e. The molecule has 1 aromatic heterocycles. The summed E-state index contributed by atoms with van der Waals surface area (Å²) in [6.07, 6.45) is 4.89. The van der Waals surface area contributed by atoms with Crippen molar-refractivity contribution < 1.29 is 14.0 Å². The second kappa shape index (κ2) is 8.62. The third-order valence-corrected chi connectivity index (χ3v) is 6.55. The second-order valence-electron chi connectivity index (χ2n) is 8.55. The van der Waals surface area contributed by atoms with Crippen molar-refractivity contribution in [2.75, 3.05) is 26.2 Å². The number of likely N-dealkylation sites (tertiary alicyclic amines) is 2. The van der Waals surface area contributed by atoms with E-state index in [4.69, 9.17) is 0 Å². The summed E-state index contributed by atoms with van der Waals surface area (Å²) in [5.41, 5.74) is 3.32. The Morgan fingerprint density at radius 2 is 1.53 bits per heavy atom. The number of rotatable bonds is 3. The smallest absolute Gasteiger partial charge is 0.255 e. The highest BCUT2D eigenvalue weighted by molar-refractivity contribution is 5.96. The fourth-order valence-electron chi connectivity index (χ4n) is 4.84. The lowest BCUT2D eigenvalue weighted by Gasteiger charge is -2.35. The quantitative estimate of drug-likeness (QED) is 0.763. The number of hydrogen-bond acceptors (Lipinski definition) is 2. The molecule has 0 saturated carbocycles. The predicted octanol–water partition coefficient (Wildman–Crippen LogP) is 4.10. The second-order valence-corrected chi connectivity index (χ2v) is 8.55. The van der Waals surface area contributed by atoms with Crippen LogP contribution < -0.4 is 0 Å². The molecule has 2 aliphatic heterocycles. The third-order valence-electron chi connectivity index (χ3n) is 6.55. The molecule has 1 aromatic carbocycles. The van der Waals surface area contributed by atoms with Gasteiger partial charge in [0.1, 0.15) is 5.82 Å². The molecule has 5 nitrogen and oxygen atoms in total. The summed E-state index contributed by atoms with van der Waals surface area (Å²) in [6.45, 7) is 6.88. The molecule has 2 aliphatic rings. The Kier molecular flexibility index (Phi) is 5.93. The Morgan fingerprint density at radius 3 is 2.17 bits per heavy atom. The fourth-order valence-corrected chi connectivity index (χ4v) is 4.84. The number of aryl methyl sites for hydroxylation is 1. The molecule has 3 heterocycles. The average molecular weight is 412 g/mol. The van der Waals surface area contributed by atoms with Crippen LogP contribution in [0.4, 0.5) is 4.39 Å².